The highest BCUT2D eigenvalue weighted by Gasteiger charge is 2.32. The molecule has 0 atom stereocenters. The van der Waals surface area contributed by atoms with E-state index in [1.54, 1.807) is 42.4 Å². The van der Waals surface area contributed by atoms with Crippen LogP contribution in [-0.2, 0) is 15.7 Å². The largest absolute Gasteiger partial charge is 0.433 e. The van der Waals surface area contributed by atoms with Gasteiger partial charge >= 0.3 is 6.18 Å². The van der Waals surface area contributed by atoms with Crippen molar-refractivity contribution in [3.63, 3.8) is 0 Å². The summed E-state index contributed by atoms with van der Waals surface area (Å²) in [6.45, 7) is 3.46. The predicted octanol–water partition coefficient (Wildman–Crippen LogP) is 4.44. The van der Waals surface area contributed by atoms with Crippen LogP contribution in [0.4, 0.5) is 24.8 Å². The van der Waals surface area contributed by atoms with E-state index in [4.69, 9.17) is 9.47 Å². The van der Waals surface area contributed by atoms with Gasteiger partial charge in [-0.05, 0) is 42.3 Å². The molecule has 8 nitrogen and oxygen atoms in total. The van der Waals surface area contributed by atoms with Crippen molar-refractivity contribution in [3.05, 3.63) is 65.7 Å². The molecule has 1 N–H and O–H groups in total. The SMILES string of the molecule is Cc1cc(Nc2nccc(C(F)(F)F)n2)cc(-c2ccc(C(=O)N(C)CCC3OCCO3)nc2)c1. The summed E-state index contributed by atoms with van der Waals surface area (Å²) in [5, 5.41) is 2.83. The first-order valence-corrected chi connectivity index (χ1v) is 10.9. The van der Waals surface area contributed by atoms with Crippen molar-refractivity contribution in [1.29, 1.82) is 0 Å². The molecule has 1 fully saturated rings. The maximum absolute atomic E-state index is 12.9. The van der Waals surface area contributed by atoms with Gasteiger partial charge in [0, 0.05) is 43.7 Å². The molecular weight excluding hydrogens is 463 g/mol. The molecule has 1 amide bonds. The third-order valence-corrected chi connectivity index (χ3v) is 5.33. The van der Waals surface area contributed by atoms with Crippen LogP contribution in [0.2, 0.25) is 0 Å². The van der Waals surface area contributed by atoms with E-state index in [1.165, 1.54) is 0 Å². The van der Waals surface area contributed by atoms with E-state index in [-0.39, 0.29) is 18.1 Å². The summed E-state index contributed by atoms with van der Waals surface area (Å²) in [5.41, 5.74) is 2.18. The number of hydrogen-bond donors (Lipinski definition) is 1. The number of amides is 1. The first kappa shape index (κ1) is 24.6. The van der Waals surface area contributed by atoms with Gasteiger partial charge in [-0.2, -0.15) is 13.2 Å². The second-order valence-corrected chi connectivity index (χ2v) is 8.09. The number of alkyl halides is 3. The molecule has 35 heavy (non-hydrogen) atoms. The normalized spacial score (nSPS) is 14.2. The number of hydrogen-bond acceptors (Lipinski definition) is 7. The number of aryl methyl sites for hydroxylation is 1. The van der Waals surface area contributed by atoms with Crippen LogP contribution >= 0.6 is 0 Å². The Morgan fingerprint density at radius 2 is 1.89 bits per heavy atom. The lowest BCUT2D eigenvalue weighted by molar-refractivity contribution is -0.141. The first-order valence-electron chi connectivity index (χ1n) is 10.9. The average molecular weight is 487 g/mol. The van der Waals surface area contributed by atoms with Crippen molar-refractivity contribution >= 4 is 17.5 Å². The zero-order valence-electron chi connectivity index (χ0n) is 19.2. The molecule has 0 unspecified atom stereocenters. The predicted molar refractivity (Wildman–Crippen MR) is 122 cm³/mol. The minimum absolute atomic E-state index is 0.160. The number of carbonyl (C=O) groups excluding carboxylic acids is 1. The molecule has 3 heterocycles. The monoisotopic (exact) mass is 487 g/mol. The fourth-order valence-electron chi connectivity index (χ4n) is 3.59. The Labute approximate surface area is 200 Å². The molecule has 1 aliphatic rings. The molecule has 4 rings (SSSR count). The number of nitrogens with zero attached hydrogens (tertiary/aromatic N) is 4. The molecule has 11 heteroatoms. The van der Waals surface area contributed by atoms with Gasteiger partial charge in [-0.1, -0.05) is 12.1 Å². The first-order chi connectivity index (χ1) is 16.7. The second kappa shape index (κ2) is 10.4. The summed E-state index contributed by atoms with van der Waals surface area (Å²) in [5.74, 6) is -0.380. The van der Waals surface area contributed by atoms with E-state index in [9.17, 15) is 18.0 Å². The molecule has 0 spiro atoms. The quantitative estimate of drug-likeness (QED) is 0.527. The fourth-order valence-corrected chi connectivity index (χ4v) is 3.59. The molecule has 0 saturated carbocycles. The molecule has 2 aromatic heterocycles. The number of halogens is 3. The van der Waals surface area contributed by atoms with E-state index < -0.39 is 11.9 Å². The van der Waals surface area contributed by atoms with Gasteiger partial charge in [0.15, 0.2) is 6.29 Å². The number of carbonyl (C=O) groups is 1. The Morgan fingerprint density at radius 1 is 1.11 bits per heavy atom. The van der Waals surface area contributed by atoms with Gasteiger partial charge in [0.05, 0.1) is 13.2 Å². The molecule has 0 aliphatic carbocycles. The molecule has 1 saturated heterocycles. The molecule has 0 bridgehead atoms. The van der Waals surface area contributed by atoms with Crippen LogP contribution in [0.15, 0.2) is 48.8 Å². The van der Waals surface area contributed by atoms with Crippen molar-refractivity contribution in [2.45, 2.75) is 25.8 Å². The van der Waals surface area contributed by atoms with Crippen LogP contribution in [0.3, 0.4) is 0 Å². The van der Waals surface area contributed by atoms with Crippen molar-refractivity contribution in [2.24, 2.45) is 0 Å². The van der Waals surface area contributed by atoms with Gasteiger partial charge in [-0.15, -0.1) is 0 Å². The van der Waals surface area contributed by atoms with Crippen molar-refractivity contribution < 1.29 is 27.4 Å². The zero-order valence-corrected chi connectivity index (χ0v) is 19.2. The lowest BCUT2D eigenvalue weighted by atomic mass is 10.0. The number of rotatable bonds is 7. The number of aromatic nitrogens is 3. The summed E-state index contributed by atoms with van der Waals surface area (Å²) in [6, 6.07) is 9.66. The maximum atomic E-state index is 12.9. The third-order valence-electron chi connectivity index (χ3n) is 5.33. The van der Waals surface area contributed by atoms with E-state index in [0.29, 0.717) is 37.6 Å². The topological polar surface area (TPSA) is 89.5 Å². The van der Waals surface area contributed by atoms with Gasteiger partial charge in [0.25, 0.3) is 5.91 Å². The van der Waals surface area contributed by atoms with Gasteiger partial charge in [0.1, 0.15) is 11.4 Å². The Hall–Kier alpha value is -3.57. The van der Waals surface area contributed by atoms with Gasteiger partial charge in [-0.3, -0.25) is 9.78 Å². The van der Waals surface area contributed by atoms with Crippen molar-refractivity contribution in [2.75, 3.05) is 32.1 Å². The highest BCUT2D eigenvalue weighted by molar-refractivity contribution is 5.92. The van der Waals surface area contributed by atoms with Crippen LogP contribution in [-0.4, -0.2) is 58.9 Å². The Morgan fingerprint density at radius 3 is 2.57 bits per heavy atom. The lowest BCUT2D eigenvalue weighted by Crippen LogP contribution is -2.30. The molecule has 1 aromatic carbocycles. The summed E-state index contributed by atoms with van der Waals surface area (Å²) in [4.78, 5) is 26.0. The number of ether oxygens (including phenoxy) is 2. The van der Waals surface area contributed by atoms with Crippen LogP contribution in [0.25, 0.3) is 11.1 Å². The lowest BCUT2D eigenvalue weighted by Gasteiger charge is -2.18. The van der Waals surface area contributed by atoms with E-state index in [0.717, 1.165) is 29.0 Å². The zero-order chi connectivity index (χ0) is 25.0. The Balaban J connectivity index is 1.46. The molecule has 3 aromatic rings. The summed E-state index contributed by atoms with van der Waals surface area (Å²) in [7, 11) is 1.70. The minimum atomic E-state index is -4.56. The standard InChI is InChI=1S/C24H24F3N5O3/c1-15-11-17(13-18(12-15)30-23-28-7-5-20(31-23)24(25,26)27)16-3-4-19(29-14-16)22(33)32(2)8-6-21-34-9-10-35-21/h3-5,7,11-14,21H,6,8-10H2,1-2H3,(H,28,30,31). The van der Waals surface area contributed by atoms with E-state index in [1.807, 2.05) is 13.0 Å². The van der Waals surface area contributed by atoms with E-state index >= 15 is 0 Å². The molecule has 0 radical (unpaired) electrons. The second-order valence-electron chi connectivity index (χ2n) is 8.09. The Kier molecular flexibility index (Phi) is 7.27. The van der Waals surface area contributed by atoms with Crippen LogP contribution < -0.4 is 5.32 Å². The summed E-state index contributed by atoms with van der Waals surface area (Å²) >= 11 is 0. The van der Waals surface area contributed by atoms with Gasteiger partial charge in [0.2, 0.25) is 5.95 Å². The molecule has 184 valence electrons. The van der Waals surface area contributed by atoms with E-state index in [2.05, 4.69) is 20.3 Å². The van der Waals surface area contributed by atoms with Gasteiger partial charge in [-0.25, -0.2) is 9.97 Å². The summed E-state index contributed by atoms with van der Waals surface area (Å²) < 4.78 is 49.6. The van der Waals surface area contributed by atoms with Crippen LogP contribution in [0.5, 0.6) is 0 Å². The van der Waals surface area contributed by atoms with Gasteiger partial charge < -0.3 is 19.7 Å². The average Bonchev–Trinajstić information content (AvgIpc) is 3.35. The summed E-state index contributed by atoms with van der Waals surface area (Å²) in [6.07, 6.45) is -1.63. The fraction of sp³-hybridized carbons (Fsp3) is 0.333. The minimum Gasteiger partial charge on any atom is -0.350 e. The number of anilines is 2. The third kappa shape index (κ3) is 6.31. The number of benzene rings is 1. The van der Waals surface area contributed by atoms with Crippen molar-refractivity contribution in [3.8, 4) is 11.1 Å². The number of nitrogens with one attached hydrogen (secondary N) is 1. The van der Waals surface area contributed by atoms with Crippen molar-refractivity contribution in [1.82, 2.24) is 19.9 Å². The molecule has 1 aliphatic heterocycles. The highest BCUT2D eigenvalue weighted by Crippen LogP contribution is 2.29. The maximum Gasteiger partial charge on any atom is 0.433 e. The Bertz CT molecular complexity index is 1180. The highest BCUT2D eigenvalue weighted by atomic mass is 19.4. The van der Waals surface area contributed by atoms with Crippen LogP contribution in [0.1, 0.15) is 28.2 Å². The molecular formula is C24H24F3N5O3. The smallest absolute Gasteiger partial charge is 0.350 e. The van der Waals surface area contributed by atoms with Crippen LogP contribution in [0, 0.1) is 6.92 Å². The number of pyridine rings is 1.